The van der Waals surface area contributed by atoms with Crippen LogP contribution in [0.2, 0.25) is 0 Å². The van der Waals surface area contributed by atoms with Crippen LogP contribution in [0.4, 0.5) is 10.1 Å². The van der Waals surface area contributed by atoms with Gasteiger partial charge in [0.25, 0.3) is 0 Å². The zero-order chi connectivity index (χ0) is 28.9. The number of nitrogens with zero attached hydrogens (tertiary/aromatic N) is 1. The Morgan fingerprint density at radius 1 is 0.875 bits per heavy atom. The molecule has 0 aliphatic carbocycles. The standard InChI is InChI=1S/C31H34FN2O5P/c1-33-28(18-19-29(35)22-8-13-24(32)14-9-22)31(34(2)25-6-4-3-5-7-25)27-17-12-23(20-30(27)36)21-10-15-26(16-11-21)40(37,38)39/h3-17,20,28-29,31,33,35-36H,18-19H2,1-2H3,(H2,37,38,39). The molecule has 0 saturated heterocycles. The Hall–Kier alpha value is -3.52. The number of phenolic OH excluding ortho intramolecular Hbond substituents is 1. The van der Waals surface area contributed by atoms with Crippen LogP contribution in [0.15, 0.2) is 97.1 Å². The predicted molar refractivity (Wildman–Crippen MR) is 156 cm³/mol. The molecular weight excluding hydrogens is 530 g/mol. The van der Waals surface area contributed by atoms with Crippen molar-refractivity contribution in [2.75, 3.05) is 19.0 Å². The van der Waals surface area contributed by atoms with E-state index in [0.29, 0.717) is 35.1 Å². The van der Waals surface area contributed by atoms with E-state index in [-0.39, 0.29) is 29.0 Å². The minimum absolute atomic E-state index is 0.0682. The first-order valence-electron chi connectivity index (χ1n) is 13.0. The van der Waals surface area contributed by atoms with Gasteiger partial charge >= 0.3 is 7.60 Å². The maximum atomic E-state index is 13.3. The average molecular weight is 565 g/mol. The summed E-state index contributed by atoms with van der Waals surface area (Å²) in [7, 11) is -0.552. The highest BCUT2D eigenvalue weighted by Gasteiger charge is 2.29. The maximum Gasteiger partial charge on any atom is 0.356 e. The van der Waals surface area contributed by atoms with Crippen molar-refractivity contribution in [3.05, 3.63) is 114 Å². The van der Waals surface area contributed by atoms with Crippen molar-refractivity contribution >= 4 is 18.6 Å². The van der Waals surface area contributed by atoms with Gasteiger partial charge in [0.15, 0.2) is 0 Å². The van der Waals surface area contributed by atoms with Gasteiger partial charge in [-0.25, -0.2) is 4.39 Å². The van der Waals surface area contributed by atoms with Crippen molar-refractivity contribution < 1.29 is 29.0 Å². The molecule has 0 amide bonds. The lowest BCUT2D eigenvalue weighted by molar-refractivity contribution is 0.157. The molecule has 0 aliphatic heterocycles. The SMILES string of the molecule is CNC(CCC(O)c1ccc(F)cc1)C(c1ccc(-c2ccc(P(=O)(O)O)cc2)cc1O)N(C)c1ccccc1. The number of halogens is 1. The highest BCUT2D eigenvalue weighted by Crippen LogP contribution is 2.39. The highest BCUT2D eigenvalue weighted by molar-refractivity contribution is 7.60. The summed E-state index contributed by atoms with van der Waals surface area (Å²) in [5.41, 5.74) is 3.68. The second kappa shape index (κ2) is 12.8. The molecule has 4 aromatic rings. The Kier molecular flexibility index (Phi) is 9.40. The summed E-state index contributed by atoms with van der Waals surface area (Å²) in [6.45, 7) is 0. The van der Waals surface area contributed by atoms with E-state index >= 15 is 0 Å². The van der Waals surface area contributed by atoms with Crippen LogP contribution in [-0.4, -0.2) is 40.1 Å². The quantitative estimate of drug-likeness (QED) is 0.158. The fourth-order valence-corrected chi connectivity index (χ4v) is 5.53. The number of aromatic hydroxyl groups is 1. The van der Waals surface area contributed by atoms with Gasteiger partial charge in [0.2, 0.25) is 0 Å². The van der Waals surface area contributed by atoms with Crippen LogP contribution >= 0.6 is 7.60 Å². The second-order valence-corrected chi connectivity index (χ2v) is 11.4. The van der Waals surface area contributed by atoms with E-state index in [4.69, 9.17) is 0 Å². The summed E-state index contributed by atoms with van der Waals surface area (Å²) in [6.07, 6.45) is 0.203. The number of rotatable bonds is 11. The van der Waals surface area contributed by atoms with E-state index < -0.39 is 13.7 Å². The molecule has 0 aliphatic rings. The van der Waals surface area contributed by atoms with E-state index in [1.165, 1.54) is 24.3 Å². The fourth-order valence-electron chi connectivity index (χ4n) is 4.99. The topological polar surface area (TPSA) is 113 Å². The third-order valence-corrected chi connectivity index (χ3v) is 8.20. The monoisotopic (exact) mass is 564 g/mol. The maximum absolute atomic E-state index is 13.3. The van der Waals surface area contributed by atoms with Gasteiger partial charge in [0, 0.05) is 24.3 Å². The van der Waals surface area contributed by atoms with Crippen molar-refractivity contribution in [3.8, 4) is 16.9 Å². The second-order valence-electron chi connectivity index (χ2n) is 9.80. The number of aliphatic hydroxyl groups excluding tert-OH is 1. The normalized spacial score (nSPS) is 13.9. The molecule has 3 unspecified atom stereocenters. The van der Waals surface area contributed by atoms with Crippen molar-refractivity contribution in [2.24, 2.45) is 0 Å². The Balaban J connectivity index is 1.64. The van der Waals surface area contributed by atoms with Crippen LogP contribution < -0.4 is 15.5 Å². The lowest BCUT2D eigenvalue weighted by atomic mass is 9.90. The zero-order valence-electron chi connectivity index (χ0n) is 22.4. The van der Waals surface area contributed by atoms with Gasteiger partial charge in [-0.1, -0.05) is 54.6 Å². The van der Waals surface area contributed by atoms with E-state index in [9.17, 15) is 29.0 Å². The van der Waals surface area contributed by atoms with Crippen molar-refractivity contribution in [3.63, 3.8) is 0 Å². The van der Waals surface area contributed by atoms with Gasteiger partial charge in [0.05, 0.1) is 17.5 Å². The number of phenols is 1. The van der Waals surface area contributed by atoms with Crippen molar-refractivity contribution in [2.45, 2.75) is 31.0 Å². The molecule has 40 heavy (non-hydrogen) atoms. The molecule has 7 nitrogen and oxygen atoms in total. The summed E-state index contributed by atoms with van der Waals surface area (Å²) < 4.78 is 24.9. The van der Waals surface area contributed by atoms with Crippen molar-refractivity contribution in [1.82, 2.24) is 5.32 Å². The zero-order valence-corrected chi connectivity index (χ0v) is 23.2. The van der Waals surface area contributed by atoms with Gasteiger partial charge in [-0.05, 0) is 79.0 Å². The van der Waals surface area contributed by atoms with Gasteiger partial charge in [-0.2, -0.15) is 0 Å². The first-order chi connectivity index (χ1) is 19.1. The Bertz CT molecular complexity index is 1450. The van der Waals surface area contributed by atoms with E-state index in [1.807, 2.05) is 56.6 Å². The molecule has 0 aromatic heterocycles. The van der Waals surface area contributed by atoms with Crippen LogP contribution in [-0.2, 0) is 4.57 Å². The molecule has 3 atom stereocenters. The summed E-state index contributed by atoms with van der Waals surface area (Å²) in [6, 6.07) is 26.5. The molecule has 0 heterocycles. The molecule has 5 N–H and O–H groups in total. The molecular formula is C31H34FN2O5P. The van der Waals surface area contributed by atoms with Crippen LogP contribution in [0.3, 0.4) is 0 Å². The third kappa shape index (κ3) is 6.97. The molecule has 0 saturated carbocycles. The number of hydrogen-bond donors (Lipinski definition) is 5. The Morgan fingerprint density at radius 2 is 1.50 bits per heavy atom. The lowest BCUT2D eigenvalue weighted by Crippen LogP contribution is -2.41. The molecule has 4 rings (SSSR count). The first kappa shape index (κ1) is 29.5. The molecule has 0 fully saturated rings. The number of hydrogen-bond acceptors (Lipinski definition) is 5. The van der Waals surface area contributed by atoms with Gasteiger partial charge in [-0.3, -0.25) is 4.57 Å². The fraction of sp³-hybridized carbons (Fsp3) is 0.226. The number of anilines is 1. The molecule has 210 valence electrons. The number of para-hydroxylation sites is 1. The van der Waals surface area contributed by atoms with Gasteiger partial charge in [0.1, 0.15) is 11.6 Å². The summed E-state index contributed by atoms with van der Waals surface area (Å²) in [5, 5.41) is 25.3. The largest absolute Gasteiger partial charge is 0.508 e. The molecule has 0 radical (unpaired) electrons. The van der Waals surface area contributed by atoms with Gasteiger partial charge in [-0.15, -0.1) is 0 Å². The highest BCUT2D eigenvalue weighted by atomic mass is 31.2. The minimum Gasteiger partial charge on any atom is -0.508 e. The summed E-state index contributed by atoms with van der Waals surface area (Å²) in [4.78, 5) is 20.9. The van der Waals surface area contributed by atoms with E-state index in [0.717, 1.165) is 5.69 Å². The summed E-state index contributed by atoms with van der Waals surface area (Å²) in [5.74, 6) is -0.283. The summed E-state index contributed by atoms with van der Waals surface area (Å²) >= 11 is 0. The number of benzene rings is 4. The average Bonchev–Trinajstić information content (AvgIpc) is 2.95. The van der Waals surface area contributed by atoms with E-state index in [2.05, 4.69) is 10.2 Å². The van der Waals surface area contributed by atoms with Crippen LogP contribution in [0, 0.1) is 5.82 Å². The first-order valence-corrected chi connectivity index (χ1v) is 14.6. The van der Waals surface area contributed by atoms with Gasteiger partial charge < -0.3 is 30.2 Å². The Morgan fingerprint density at radius 3 is 2.08 bits per heavy atom. The third-order valence-electron chi connectivity index (χ3n) is 7.22. The molecule has 0 bridgehead atoms. The van der Waals surface area contributed by atoms with E-state index in [1.54, 1.807) is 30.3 Å². The van der Waals surface area contributed by atoms with Crippen LogP contribution in [0.5, 0.6) is 5.75 Å². The minimum atomic E-state index is -4.35. The van der Waals surface area contributed by atoms with Crippen LogP contribution in [0.1, 0.15) is 36.1 Å². The molecule has 9 heteroatoms. The predicted octanol–water partition coefficient (Wildman–Crippen LogP) is 5.28. The number of likely N-dealkylation sites (N-methyl/N-ethyl adjacent to an activating group) is 2. The number of nitrogens with one attached hydrogen (secondary N) is 1. The van der Waals surface area contributed by atoms with Crippen LogP contribution in [0.25, 0.3) is 11.1 Å². The van der Waals surface area contributed by atoms with Crippen molar-refractivity contribution in [1.29, 1.82) is 0 Å². The number of aliphatic hydroxyl groups is 1. The Labute approximate surface area is 233 Å². The molecule has 4 aromatic carbocycles. The lowest BCUT2D eigenvalue weighted by Gasteiger charge is -2.37. The smallest absolute Gasteiger partial charge is 0.356 e. The molecule has 0 spiro atoms.